The van der Waals surface area contributed by atoms with E-state index in [1.165, 1.54) is 7.05 Å². The molecule has 0 spiro atoms. The van der Waals surface area contributed by atoms with Crippen LogP contribution in [0.25, 0.3) is 0 Å². The minimum Gasteiger partial charge on any atom is -0.351 e. The van der Waals surface area contributed by atoms with Gasteiger partial charge in [0.15, 0.2) is 0 Å². The van der Waals surface area contributed by atoms with Crippen molar-refractivity contribution >= 4 is 11.8 Å². The van der Waals surface area contributed by atoms with Crippen molar-refractivity contribution in [2.24, 2.45) is 0 Å². The second-order valence-corrected chi connectivity index (χ2v) is 2.91. The predicted octanol–water partition coefficient (Wildman–Crippen LogP) is -0.514. The van der Waals surface area contributed by atoms with Gasteiger partial charge in [-0.1, -0.05) is 6.07 Å². The Balaban J connectivity index is 2.28. The van der Waals surface area contributed by atoms with Gasteiger partial charge in [-0.2, -0.15) is 0 Å². The van der Waals surface area contributed by atoms with Gasteiger partial charge < -0.3 is 10.6 Å². The highest BCUT2D eigenvalue weighted by Crippen LogP contribution is 1.92. The molecule has 0 atom stereocenters. The van der Waals surface area contributed by atoms with Crippen LogP contribution in [0.5, 0.6) is 0 Å². The van der Waals surface area contributed by atoms with E-state index in [4.69, 9.17) is 0 Å². The summed E-state index contributed by atoms with van der Waals surface area (Å²) < 4.78 is 0. The number of hydrogen-bond donors (Lipinski definition) is 2. The summed E-state index contributed by atoms with van der Waals surface area (Å²) in [5.74, 6) is -1.25. The Morgan fingerprint density at radius 3 is 2.73 bits per heavy atom. The number of nitrogens with zero attached hydrogens (tertiary/aromatic N) is 1. The normalized spacial score (nSPS) is 9.40. The van der Waals surface area contributed by atoms with Gasteiger partial charge in [-0.3, -0.25) is 14.6 Å². The minimum atomic E-state index is -0.629. The summed E-state index contributed by atoms with van der Waals surface area (Å²) in [6.07, 6.45) is 2.31. The monoisotopic (exact) mass is 207 g/mol. The minimum absolute atomic E-state index is 0.406. The van der Waals surface area contributed by atoms with Crippen LogP contribution in [0.3, 0.4) is 0 Å². The highest BCUT2D eigenvalue weighted by Gasteiger charge is 2.09. The first-order valence-electron chi connectivity index (χ1n) is 4.64. The number of carbonyl (C=O) groups is 2. The number of rotatable bonds is 3. The Labute approximate surface area is 87.9 Å². The molecule has 0 fully saturated rings. The molecule has 1 aromatic heterocycles. The van der Waals surface area contributed by atoms with Crippen molar-refractivity contribution in [3.8, 4) is 0 Å². The summed E-state index contributed by atoms with van der Waals surface area (Å²) in [7, 11) is 1.42. The lowest BCUT2D eigenvalue weighted by molar-refractivity contribution is -0.138. The molecule has 0 aliphatic heterocycles. The van der Waals surface area contributed by atoms with Crippen molar-refractivity contribution in [2.75, 3.05) is 13.6 Å². The quantitative estimate of drug-likeness (QED) is 0.655. The third-order valence-electron chi connectivity index (χ3n) is 1.83. The number of pyridine rings is 1. The van der Waals surface area contributed by atoms with E-state index in [2.05, 4.69) is 15.6 Å². The van der Waals surface area contributed by atoms with Crippen LogP contribution in [0.1, 0.15) is 5.69 Å². The second-order valence-electron chi connectivity index (χ2n) is 2.91. The number of likely N-dealkylation sites (N-methyl/N-ethyl adjacent to an activating group) is 1. The number of aromatic nitrogens is 1. The zero-order chi connectivity index (χ0) is 11.1. The van der Waals surface area contributed by atoms with Crippen LogP contribution < -0.4 is 10.6 Å². The zero-order valence-corrected chi connectivity index (χ0v) is 8.49. The standard InChI is InChI=1S/C10H13N3O2/c1-11-9(14)10(15)13-7-5-8-4-2-3-6-12-8/h2-4,6H,5,7H2,1H3,(H,11,14)(H,13,15). The van der Waals surface area contributed by atoms with Gasteiger partial charge in [0.2, 0.25) is 0 Å². The smallest absolute Gasteiger partial charge is 0.309 e. The Hall–Kier alpha value is -1.91. The van der Waals surface area contributed by atoms with Gasteiger partial charge in [0.1, 0.15) is 0 Å². The fourth-order valence-electron chi connectivity index (χ4n) is 1.04. The number of hydrogen-bond acceptors (Lipinski definition) is 3. The number of amides is 2. The van der Waals surface area contributed by atoms with Gasteiger partial charge >= 0.3 is 11.8 Å². The maximum absolute atomic E-state index is 11.0. The van der Waals surface area contributed by atoms with E-state index in [0.29, 0.717) is 13.0 Å². The fraction of sp³-hybridized carbons (Fsp3) is 0.300. The van der Waals surface area contributed by atoms with Gasteiger partial charge in [0.05, 0.1) is 0 Å². The second kappa shape index (κ2) is 5.74. The van der Waals surface area contributed by atoms with Gasteiger partial charge in [0, 0.05) is 31.9 Å². The molecule has 0 bridgehead atoms. The summed E-state index contributed by atoms with van der Waals surface area (Å²) in [6.45, 7) is 0.406. The van der Waals surface area contributed by atoms with Crippen LogP contribution in [-0.4, -0.2) is 30.4 Å². The Morgan fingerprint density at radius 2 is 2.13 bits per heavy atom. The Kier molecular flexibility index (Phi) is 4.28. The predicted molar refractivity (Wildman–Crippen MR) is 55.0 cm³/mol. The summed E-state index contributed by atoms with van der Waals surface area (Å²) in [4.78, 5) is 25.9. The van der Waals surface area contributed by atoms with Gasteiger partial charge in [-0.05, 0) is 12.1 Å². The fourth-order valence-corrected chi connectivity index (χ4v) is 1.04. The topological polar surface area (TPSA) is 71.1 Å². The molecule has 0 aromatic carbocycles. The summed E-state index contributed by atoms with van der Waals surface area (Å²) in [5, 5.41) is 4.74. The molecule has 0 aliphatic carbocycles. The molecular weight excluding hydrogens is 194 g/mol. The third kappa shape index (κ3) is 3.76. The van der Waals surface area contributed by atoms with E-state index in [1.54, 1.807) is 6.20 Å². The number of nitrogens with one attached hydrogen (secondary N) is 2. The lowest BCUT2D eigenvalue weighted by atomic mass is 10.3. The molecule has 5 nitrogen and oxygen atoms in total. The molecule has 5 heteroatoms. The van der Waals surface area contributed by atoms with Gasteiger partial charge in [0.25, 0.3) is 0 Å². The summed E-state index contributed by atoms with van der Waals surface area (Å²) >= 11 is 0. The summed E-state index contributed by atoms with van der Waals surface area (Å²) in [6, 6.07) is 5.57. The van der Waals surface area contributed by atoms with E-state index in [-0.39, 0.29) is 0 Å². The molecule has 1 heterocycles. The first-order chi connectivity index (χ1) is 7.24. The molecule has 0 radical (unpaired) electrons. The van der Waals surface area contributed by atoms with E-state index >= 15 is 0 Å². The highest BCUT2D eigenvalue weighted by molar-refractivity contribution is 6.34. The molecule has 0 aliphatic rings. The molecular formula is C10H13N3O2. The zero-order valence-electron chi connectivity index (χ0n) is 8.49. The van der Waals surface area contributed by atoms with Crippen LogP contribution in [0, 0.1) is 0 Å². The highest BCUT2D eigenvalue weighted by atomic mass is 16.2. The van der Waals surface area contributed by atoms with Crippen molar-refractivity contribution in [1.82, 2.24) is 15.6 Å². The van der Waals surface area contributed by atoms with Crippen molar-refractivity contribution in [2.45, 2.75) is 6.42 Å². The maximum atomic E-state index is 11.0. The van der Waals surface area contributed by atoms with Gasteiger partial charge in [-0.25, -0.2) is 0 Å². The summed E-state index contributed by atoms with van der Waals surface area (Å²) in [5.41, 5.74) is 0.884. The molecule has 1 aromatic rings. The van der Waals surface area contributed by atoms with E-state index in [1.807, 2.05) is 18.2 Å². The molecule has 1 rings (SSSR count). The molecule has 2 amide bonds. The number of carbonyl (C=O) groups excluding carboxylic acids is 2. The average molecular weight is 207 g/mol. The van der Waals surface area contributed by atoms with E-state index in [9.17, 15) is 9.59 Å². The van der Waals surface area contributed by atoms with Crippen LogP contribution in [0.2, 0.25) is 0 Å². The Morgan fingerprint density at radius 1 is 1.33 bits per heavy atom. The molecule has 0 saturated carbocycles. The largest absolute Gasteiger partial charge is 0.351 e. The van der Waals surface area contributed by atoms with Crippen molar-refractivity contribution in [1.29, 1.82) is 0 Å². The van der Waals surface area contributed by atoms with Gasteiger partial charge in [-0.15, -0.1) is 0 Å². The first kappa shape index (κ1) is 11.2. The van der Waals surface area contributed by atoms with Crippen LogP contribution >= 0.6 is 0 Å². The van der Waals surface area contributed by atoms with Crippen molar-refractivity contribution in [3.63, 3.8) is 0 Å². The van der Waals surface area contributed by atoms with Crippen LogP contribution in [0.15, 0.2) is 24.4 Å². The van der Waals surface area contributed by atoms with Crippen molar-refractivity contribution < 1.29 is 9.59 Å². The SMILES string of the molecule is CNC(=O)C(=O)NCCc1ccccn1. The average Bonchev–Trinajstić information content (AvgIpc) is 2.29. The molecule has 2 N–H and O–H groups in total. The maximum Gasteiger partial charge on any atom is 0.309 e. The lowest BCUT2D eigenvalue weighted by Gasteiger charge is -2.03. The van der Waals surface area contributed by atoms with E-state index in [0.717, 1.165) is 5.69 Å². The van der Waals surface area contributed by atoms with Crippen LogP contribution in [0.4, 0.5) is 0 Å². The first-order valence-corrected chi connectivity index (χ1v) is 4.64. The molecule has 15 heavy (non-hydrogen) atoms. The lowest BCUT2D eigenvalue weighted by Crippen LogP contribution is -2.38. The molecule has 0 saturated heterocycles. The van der Waals surface area contributed by atoms with Crippen LogP contribution in [-0.2, 0) is 16.0 Å². The third-order valence-corrected chi connectivity index (χ3v) is 1.83. The van der Waals surface area contributed by atoms with E-state index < -0.39 is 11.8 Å². The molecule has 80 valence electrons. The Bertz CT molecular complexity index is 338. The molecule has 0 unspecified atom stereocenters. The van der Waals surface area contributed by atoms with Crippen molar-refractivity contribution in [3.05, 3.63) is 30.1 Å².